The van der Waals surface area contributed by atoms with Crippen LogP contribution in [0.5, 0.6) is 0 Å². The minimum atomic E-state index is -0.860. The summed E-state index contributed by atoms with van der Waals surface area (Å²) in [4.78, 5) is 14.9. The highest BCUT2D eigenvalue weighted by Gasteiger charge is 2.18. The van der Waals surface area contributed by atoms with E-state index in [0.717, 1.165) is 5.52 Å². The van der Waals surface area contributed by atoms with Gasteiger partial charge in [-0.2, -0.15) is 0 Å². The molecule has 2 heterocycles. The average Bonchev–Trinajstić information content (AvgIpc) is 2.60. The number of carboxylic acids is 1. The lowest BCUT2D eigenvalue weighted by atomic mass is 10.2. The van der Waals surface area contributed by atoms with E-state index < -0.39 is 11.9 Å². The summed E-state index contributed by atoms with van der Waals surface area (Å²) in [5.74, 6) is -0.880. The van der Waals surface area contributed by atoms with Crippen LogP contribution in [-0.4, -0.2) is 20.5 Å². The third-order valence-electron chi connectivity index (χ3n) is 2.23. The van der Waals surface area contributed by atoms with E-state index in [2.05, 4.69) is 4.98 Å². The fraction of sp³-hybridized carbons (Fsp3) is 0.200. The first-order valence-corrected chi connectivity index (χ1v) is 4.35. The van der Waals surface area contributed by atoms with Crippen molar-refractivity contribution in [2.24, 2.45) is 0 Å². The quantitative estimate of drug-likeness (QED) is 0.781. The predicted octanol–water partition coefficient (Wildman–Crippen LogP) is 1.52. The zero-order valence-electron chi connectivity index (χ0n) is 7.71. The van der Waals surface area contributed by atoms with Crippen molar-refractivity contribution in [3.63, 3.8) is 0 Å². The molecule has 4 heteroatoms. The molecule has 2 aromatic rings. The molecule has 0 amide bonds. The van der Waals surface area contributed by atoms with Crippen molar-refractivity contribution in [1.82, 2.24) is 9.38 Å². The minimum Gasteiger partial charge on any atom is -0.481 e. The van der Waals surface area contributed by atoms with Crippen molar-refractivity contribution in [1.29, 1.82) is 0 Å². The van der Waals surface area contributed by atoms with E-state index in [4.69, 9.17) is 5.11 Å². The van der Waals surface area contributed by atoms with Gasteiger partial charge in [-0.05, 0) is 19.1 Å². The standard InChI is InChI=1S/C10H10N2O2/c1-7(10(13)14)9-11-6-8-4-2-3-5-12(8)9/h2-7H,1H3,(H,13,14). The molecule has 0 radical (unpaired) electrons. The second-order valence-electron chi connectivity index (χ2n) is 3.17. The molecule has 2 aromatic heterocycles. The number of rotatable bonds is 2. The number of imidazole rings is 1. The normalized spacial score (nSPS) is 12.9. The number of hydrogen-bond donors (Lipinski definition) is 1. The van der Waals surface area contributed by atoms with Crippen LogP contribution < -0.4 is 0 Å². The summed E-state index contributed by atoms with van der Waals surface area (Å²) in [5, 5.41) is 8.86. The van der Waals surface area contributed by atoms with Gasteiger partial charge in [0.05, 0.1) is 11.7 Å². The van der Waals surface area contributed by atoms with Gasteiger partial charge in [0.25, 0.3) is 0 Å². The third kappa shape index (κ3) is 1.25. The molecular weight excluding hydrogens is 180 g/mol. The Morgan fingerprint density at radius 1 is 1.57 bits per heavy atom. The molecule has 1 atom stereocenters. The first kappa shape index (κ1) is 8.74. The van der Waals surface area contributed by atoms with Gasteiger partial charge in [0, 0.05) is 6.20 Å². The molecular formula is C10H10N2O2. The molecule has 1 unspecified atom stereocenters. The maximum absolute atomic E-state index is 10.8. The van der Waals surface area contributed by atoms with Crippen LogP contribution in [0.15, 0.2) is 30.6 Å². The van der Waals surface area contributed by atoms with E-state index in [0.29, 0.717) is 5.82 Å². The Morgan fingerprint density at radius 2 is 2.36 bits per heavy atom. The first-order chi connectivity index (χ1) is 6.70. The highest BCUT2D eigenvalue weighted by molar-refractivity contribution is 5.74. The lowest BCUT2D eigenvalue weighted by Crippen LogP contribution is -2.10. The van der Waals surface area contributed by atoms with E-state index in [-0.39, 0.29) is 0 Å². The molecule has 2 rings (SSSR count). The van der Waals surface area contributed by atoms with Crippen LogP contribution in [0, 0.1) is 0 Å². The molecule has 14 heavy (non-hydrogen) atoms. The third-order valence-corrected chi connectivity index (χ3v) is 2.23. The smallest absolute Gasteiger partial charge is 0.313 e. The molecule has 0 aliphatic rings. The Labute approximate surface area is 80.8 Å². The molecule has 0 spiro atoms. The molecule has 0 aliphatic heterocycles. The summed E-state index contributed by atoms with van der Waals surface area (Å²) in [7, 11) is 0. The van der Waals surface area contributed by atoms with Crippen LogP contribution in [-0.2, 0) is 4.79 Å². The fourth-order valence-corrected chi connectivity index (χ4v) is 1.40. The van der Waals surface area contributed by atoms with Gasteiger partial charge in [0.1, 0.15) is 11.7 Å². The Morgan fingerprint density at radius 3 is 3.07 bits per heavy atom. The molecule has 4 nitrogen and oxygen atoms in total. The Kier molecular flexibility index (Phi) is 1.96. The van der Waals surface area contributed by atoms with Gasteiger partial charge in [-0.25, -0.2) is 4.98 Å². The van der Waals surface area contributed by atoms with Gasteiger partial charge in [0.15, 0.2) is 0 Å². The number of pyridine rings is 1. The summed E-state index contributed by atoms with van der Waals surface area (Å²) in [6.45, 7) is 1.63. The zero-order chi connectivity index (χ0) is 10.1. The number of carboxylic acid groups (broad SMARTS) is 1. The summed E-state index contributed by atoms with van der Waals surface area (Å²) in [6.07, 6.45) is 3.49. The lowest BCUT2D eigenvalue weighted by Gasteiger charge is -2.04. The maximum atomic E-state index is 10.8. The van der Waals surface area contributed by atoms with Gasteiger partial charge in [-0.15, -0.1) is 0 Å². The molecule has 72 valence electrons. The van der Waals surface area contributed by atoms with E-state index >= 15 is 0 Å². The minimum absolute atomic E-state index is 0.563. The van der Waals surface area contributed by atoms with Gasteiger partial charge >= 0.3 is 5.97 Å². The topological polar surface area (TPSA) is 54.6 Å². The van der Waals surface area contributed by atoms with Crippen molar-refractivity contribution in [3.05, 3.63) is 36.4 Å². The zero-order valence-corrected chi connectivity index (χ0v) is 7.71. The number of fused-ring (bicyclic) bond motifs is 1. The van der Waals surface area contributed by atoms with Gasteiger partial charge in [-0.3, -0.25) is 4.79 Å². The van der Waals surface area contributed by atoms with Gasteiger partial charge in [-0.1, -0.05) is 6.07 Å². The van der Waals surface area contributed by atoms with Crippen molar-refractivity contribution in [2.75, 3.05) is 0 Å². The molecule has 0 fully saturated rings. The Balaban J connectivity index is 2.58. The van der Waals surface area contributed by atoms with Gasteiger partial charge in [0.2, 0.25) is 0 Å². The van der Waals surface area contributed by atoms with Crippen LogP contribution >= 0.6 is 0 Å². The Hall–Kier alpha value is -1.84. The van der Waals surface area contributed by atoms with Gasteiger partial charge < -0.3 is 9.51 Å². The number of carbonyl (C=O) groups is 1. The largest absolute Gasteiger partial charge is 0.481 e. The van der Waals surface area contributed by atoms with Crippen LogP contribution in [0.3, 0.4) is 0 Å². The molecule has 0 aliphatic carbocycles. The van der Waals surface area contributed by atoms with Crippen LogP contribution in [0.4, 0.5) is 0 Å². The monoisotopic (exact) mass is 190 g/mol. The highest BCUT2D eigenvalue weighted by Crippen LogP contribution is 2.15. The van der Waals surface area contributed by atoms with Crippen LogP contribution in [0.25, 0.3) is 5.52 Å². The highest BCUT2D eigenvalue weighted by atomic mass is 16.4. The number of aromatic nitrogens is 2. The van der Waals surface area contributed by atoms with E-state index in [9.17, 15) is 4.79 Å². The number of aliphatic carboxylic acids is 1. The van der Waals surface area contributed by atoms with Crippen molar-refractivity contribution in [2.45, 2.75) is 12.8 Å². The van der Waals surface area contributed by atoms with Crippen molar-refractivity contribution >= 4 is 11.5 Å². The Bertz CT molecular complexity index is 476. The molecule has 0 aromatic carbocycles. The summed E-state index contributed by atoms with van der Waals surface area (Å²) < 4.78 is 1.79. The molecule has 0 saturated carbocycles. The lowest BCUT2D eigenvalue weighted by molar-refractivity contribution is -0.138. The van der Waals surface area contributed by atoms with Crippen molar-refractivity contribution < 1.29 is 9.90 Å². The molecule has 0 saturated heterocycles. The van der Waals surface area contributed by atoms with E-state index in [1.807, 2.05) is 24.4 Å². The second kappa shape index (κ2) is 3.14. The summed E-state index contributed by atoms with van der Waals surface area (Å²) in [5.41, 5.74) is 0.913. The summed E-state index contributed by atoms with van der Waals surface area (Å²) in [6, 6.07) is 5.64. The predicted molar refractivity (Wildman–Crippen MR) is 51.2 cm³/mol. The average molecular weight is 190 g/mol. The van der Waals surface area contributed by atoms with Crippen molar-refractivity contribution in [3.8, 4) is 0 Å². The van der Waals surface area contributed by atoms with E-state index in [1.165, 1.54) is 0 Å². The number of hydrogen-bond acceptors (Lipinski definition) is 2. The SMILES string of the molecule is CC(C(=O)O)c1ncc2ccccn12. The maximum Gasteiger partial charge on any atom is 0.313 e. The molecule has 0 bridgehead atoms. The van der Waals surface area contributed by atoms with Crippen LogP contribution in [0.2, 0.25) is 0 Å². The first-order valence-electron chi connectivity index (χ1n) is 4.35. The number of nitrogens with zero attached hydrogens (tertiary/aromatic N) is 2. The molecule has 1 N–H and O–H groups in total. The summed E-state index contributed by atoms with van der Waals surface area (Å²) >= 11 is 0. The fourth-order valence-electron chi connectivity index (χ4n) is 1.40. The second-order valence-corrected chi connectivity index (χ2v) is 3.17. The van der Waals surface area contributed by atoms with Crippen LogP contribution in [0.1, 0.15) is 18.7 Å². The van der Waals surface area contributed by atoms with E-state index in [1.54, 1.807) is 17.5 Å².